The molecule has 0 saturated heterocycles. The maximum atomic E-state index is 13.6. The highest BCUT2D eigenvalue weighted by Gasteiger charge is 2.48. The van der Waals surface area contributed by atoms with E-state index in [1.54, 1.807) is 21.6 Å². The lowest BCUT2D eigenvalue weighted by atomic mass is 9.65. The highest BCUT2D eigenvalue weighted by molar-refractivity contribution is 8.76. The van der Waals surface area contributed by atoms with Crippen LogP contribution >= 0.6 is 21.6 Å². The van der Waals surface area contributed by atoms with Gasteiger partial charge >= 0.3 is 0 Å². The minimum atomic E-state index is -1.08. The summed E-state index contributed by atoms with van der Waals surface area (Å²) >= 11 is 0. The number of ketones is 1. The van der Waals surface area contributed by atoms with Gasteiger partial charge in [0.25, 0.3) is 0 Å². The Morgan fingerprint density at radius 1 is 1.06 bits per heavy atom. The Labute approximate surface area is 369 Å². The number of Topliss-reactive ketones (excluding diaryl/α,β-unsaturated/α-hetero) is 1. The molecule has 4 aromatic rings. The predicted molar refractivity (Wildman–Crippen MR) is 242 cm³/mol. The Morgan fingerprint density at radius 3 is 2.77 bits per heavy atom. The third-order valence-corrected chi connectivity index (χ3v) is 17.2. The Kier molecular flexibility index (Phi) is 10.2. The largest absolute Gasteiger partial charge is 0.465 e. The van der Waals surface area contributed by atoms with Gasteiger partial charge in [-0.25, -0.2) is 0 Å². The van der Waals surface area contributed by atoms with Gasteiger partial charge in [0.15, 0.2) is 17.7 Å². The smallest absolute Gasteiger partial charge is 0.191 e. The molecule has 7 N–H and O–H groups in total. The lowest BCUT2D eigenvalue weighted by Gasteiger charge is -2.45. The maximum absolute atomic E-state index is 13.6. The summed E-state index contributed by atoms with van der Waals surface area (Å²) in [6.45, 7) is 2.68. The highest BCUT2D eigenvalue weighted by atomic mass is 33.1. The predicted octanol–water partition coefficient (Wildman–Crippen LogP) is 7.35. The quantitative estimate of drug-likeness (QED) is 0.0659. The normalized spacial score (nSPS) is 31.4. The van der Waals surface area contributed by atoms with E-state index < -0.39 is 47.2 Å². The molecule has 12 rings (SSSR count). The van der Waals surface area contributed by atoms with E-state index in [1.165, 1.54) is 5.56 Å². The van der Waals surface area contributed by atoms with Crippen LogP contribution in [0.2, 0.25) is 0 Å². The van der Waals surface area contributed by atoms with Crippen molar-refractivity contribution in [1.29, 1.82) is 0 Å². The number of fused-ring (bicyclic) bond motifs is 4. The van der Waals surface area contributed by atoms with Crippen molar-refractivity contribution in [3.63, 3.8) is 0 Å². The Morgan fingerprint density at radius 2 is 1.92 bits per heavy atom. The van der Waals surface area contributed by atoms with Gasteiger partial charge < -0.3 is 40.1 Å². The molecule has 7 heterocycles. The molecule has 1 fully saturated rings. The number of H-pyrrole nitrogens is 1. The average molecular weight is 869 g/mol. The summed E-state index contributed by atoms with van der Waals surface area (Å²) in [6.07, 6.45) is 19.2. The fourth-order valence-electron chi connectivity index (χ4n) is 11.5. The zero-order valence-electron chi connectivity index (χ0n) is 34.7. The molecule has 5 aliphatic heterocycles. The van der Waals surface area contributed by atoms with Gasteiger partial charge in [-0.3, -0.25) is 10.1 Å². The molecule has 0 radical (unpaired) electrons. The van der Waals surface area contributed by atoms with E-state index in [1.807, 2.05) is 37.3 Å². The summed E-state index contributed by atoms with van der Waals surface area (Å²) < 4.78 is 16.0. The number of hydrogen-bond donors (Lipinski definition) is 6. The zero-order valence-corrected chi connectivity index (χ0v) is 36.4. The monoisotopic (exact) mass is 868 g/mol. The van der Waals surface area contributed by atoms with Gasteiger partial charge in [-0.05, 0) is 71.0 Å². The van der Waals surface area contributed by atoms with Gasteiger partial charge in [0.1, 0.15) is 18.0 Å². The number of nitrogens with zero attached hydrogens (tertiary/aromatic N) is 1. The second-order valence-corrected chi connectivity index (χ2v) is 21.1. The van der Waals surface area contributed by atoms with Gasteiger partial charge in [-0.1, -0.05) is 102 Å². The Balaban J connectivity index is 1.07. The number of nitrogens with one attached hydrogen (secondary N) is 2. The molecule has 2 aromatic heterocycles. The van der Waals surface area contributed by atoms with Crippen molar-refractivity contribution in [1.82, 2.24) is 14.9 Å². The number of aliphatic hydroxyl groups excluding tert-OH is 3. The molecule has 2 aromatic carbocycles. The summed E-state index contributed by atoms with van der Waals surface area (Å²) in [5.74, 6) is 12.1. The van der Waals surface area contributed by atoms with E-state index >= 15 is 0 Å². The molecule has 12 heteroatoms. The molecular formula is C50H52N4O6S2. The van der Waals surface area contributed by atoms with Crippen LogP contribution in [-0.4, -0.2) is 55.2 Å². The molecule has 10 nitrogen and oxygen atoms in total. The van der Waals surface area contributed by atoms with Crippen molar-refractivity contribution in [2.24, 2.45) is 28.9 Å². The van der Waals surface area contributed by atoms with Crippen molar-refractivity contribution in [3.8, 4) is 35.4 Å². The number of nitrogens with two attached hydrogens (primary N) is 1. The number of carbonyl (C=O) groups is 1. The first-order valence-electron chi connectivity index (χ1n) is 22.2. The van der Waals surface area contributed by atoms with E-state index in [4.69, 9.17) is 15.2 Å². The molecular weight excluding hydrogens is 817 g/mol. The number of aryl methyl sites for hydroxylation is 1. The third-order valence-electron chi connectivity index (χ3n) is 14.8. The summed E-state index contributed by atoms with van der Waals surface area (Å²) in [5.41, 5.74) is 14.0. The molecule has 10 unspecified atom stereocenters. The third kappa shape index (κ3) is 6.68. The minimum Gasteiger partial charge on any atom is -0.465 e. The number of rotatable bonds is 6. The number of aromatic nitrogens is 2. The molecule has 1 saturated carbocycles. The van der Waals surface area contributed by atoms with Crippen LogP contribution in [0.15, 0.2) is 67.2 Å². The first kappa shape index (κ1) is 40.4. The highest BCUT2D eigenvalue weighted by Crippen LogP contribution is 2.55. The van der Waals surface area contributed by atoms with Crippen molar-refractivity contribution < 1.29 is 29.6 Å². The maximum Gasteiger partial charge on any atom is 0.191 e. The Bertz CT molecular complexity index is 2660. The van der Waals surface area contributed by atoms with Crippen LogP contribution in [0.25, 0.3) is 10.9 Å². The molecule has 0 amide bonds. The number of aliphatic hydroxyl groups is 3. The topological polar surface area (TPSA) is 155 Å². The molecule has 8 aliphatic rings. The van der Waals surface area contributed by atoms with Crippen molar-refractivity contribution >= 4 is 38.3 Å². The lowest BCUT2D eigenvalue weighted by molar-refractivity contribution is -0.122. The van der Waals surface area contributed by atoms with E-state index in [9.17, 15) is 20.1 Å². The first-order valence-corrected chi connectivity index (χ1v) is 24.6. The van der Waals surface area contributed by atoms with Crippen LogP contribution < -0.4 is 20.5 Å². The fraction of sp³-hybridized carbons (Fsp3) is 0.460. The SMILES string of the molecule is CC1C=CC(C(O)CC(=O)CCc2ccc3c4c2CSSCC25C=CC6c7c(ccc(c72)C(N)NC5)C(O)C#CC(C(O4)n2cc4[nH]cc6c4c2)C2(C#CO3)CCCC2)C(O)C1. The van der Waals surface area contributed by atoms with Gasteiger partial charge in [0.2, 0.25) is 0 Å². The van der Waals surface area contributed by atoms with Crippen LogP contribution in [0.3, 0.4) is 0 Å². The number of allylic oxidation sites excluding steroid dienone is 2. The number of benzene rings is 2. The number of ether oxygens (including phenoxy) is 2. The molecule has 3 aliphatic carbocycles. The average Bonchev–Trinajstić information content (AvgIpc) is 4.01. The first-order chi connectivity index (χ1) is 30.1. The van der Waals surface area contributed by atoms with Crippen LogP contribution in [0, 0.1) is 47.0 Å². The number of hydrogen-bond acceptors (Lipinski definition) is 10. The van der Waals surface area contributed by atoms with Gasteiger partial charge in [-0.2, -0.15) is 0 Å². The molecule has 10 atom stereocenters. The molecule has 2 spiro atoms. The van der Waals surface area contributed by atoms with Crippen molar-refractivity contribution in [3.05, 3.63) is 106 Å². The number of carbonyl (C=O) groups excluding carboxylic acids is 1. The molecule has 10 bridgehead atoms. The van der Waals surface area contributed by atoms with Gasteiger partial charge in [-0.15, -0.1) is 0 Å². The second-order valence-electron chi connectivity index (χ2n) is 18.6. The lowest BCUT2D eigenvalue weighted by Crippen LogP contribution is -2.50. The van der Waals surface area contributed by atoms with Crippen molar-refractivity contribution in [2.75, 3.05) is 12.3 Å². The summed E-state index contributed by atoms with van der Waals surface area (Å²) in [4.78, 5) is 17.2. The van der Waals surface area contributed by atoms with Gasteiger partial charge in [0.05, 0.1) is 35.2 Å². The minimum absolute atomic E-state index is 0.0288. The fourth-order valence-corrected chi connectivity index (χ4v) is 14.1. The molecule has 62 heavy (non-hydrogen) atoms. The van der Waals surface area contributed by atoms with Crippen molar-refractivity contribution in [2.45, 2.75) is 106 Å². The summed E-state index contributed by atoms with van der Waals surface area (Å²) in [7, 11) is 3.53. The number of aromatic amines is 1. The zero-order chi connectivity index (χ0) is 42.3. The van der Waals surface area contributed by atoms with Crippen LogP contribution in [0.1, 0.15) is 115 Å². The van der Waals surface area contributed by atoms with E-state index in [-0.39, 0.29) is 36.6 Å². The van der Waals surface area contributed by atoms with E-state index in [0.29, 0.717) is 36.6 Å². The van der Waals surface area contributed by atoms with Crippen LogP contribution in [0.5, 0.6) is 11.5 Å². The Hall–Kier alpha value is -4.37. The van der Waals surface area contributed by atoms with Gasteiger partial charge in [0, 0.05) is 77.7 Å². The summed E-state index contributed by atoms with van der Waals surface area (Å²) in [6, 6.07) is 8.05. The summed E-state index contributed by atoms with van der Waals surface area (Å²) in [5, 5.41) is 38.9. The van der Waals surface area contributed by atoms with Crippen LogP contribution in [0.4, 0.5) is 0 Å². The second kappa shape index (κ2) is 15.7. The van der Waals surface area contributed by atoms with Crippen LogP contribution in [-0.2, 0) is 22.4 Å². The standard InChI is InChI=1S/C50H52N4O6S2/c1-28-4-8-32(41(57)20-28)42(58)21-30(55)7-5-29-6-13-43-46-37(29)25-61-62-27-50-17-14-31-35-22-52-39-24-54(23-36(35)39)48(60-46)38(49(18-19-59-43)15-2-3-16-49)11-12-40(56)33-9-10-34(45(50)44(31)33)47(51)53-26-50/h4,6,8-10,13-14,17,22-24,28,31-32,38,40-42,47-48,52-53,56-58H,2-3,5,7,15-16,20-21,25-27,51H2,1H3. The van der Waals surface area contributed by atoms with E-state index in [2.05, 4.69) is 75.5 Å². The molecule has 320 valence electrons. The van der Waals surface area contributed by atoms with E-state index in [0.717, 1.165) is 75.7 Å².